The largest absolute Gasteiger partial charge is 0.0654 e. The fourth-order valence-electron chi connectivity index (χ4n) is 2.62. The van der Waals surface area contributed by atoms with Crippen LogP contribution in [0.2, 0.25) is 0 Å². The van der Waals surface area contributed by atoms with Crippen molar-refractivity contribution in [1.82, 2.24) is 0 Å². The van der Waals surface area contributed by atoms with Gasteiger partial charge < -0.3 is 0 Å². The summed E-state index contributed by atoms with van der Waals surface area (Å²) >= 11 is 0. The molecule has 0 spiro atoms. The monoisotopic (exact) mass is 240 g/mol. The van der Waals surface area contributed by atoms with Crippen LogP contribution in [0.5, 0.6) is 0 Å². The van der Waals surface area contributed by atoms with E-state index >= 15 is 0 Å². The van der Waals surface area contributed by atoms with Crippen molar-refractivity contribution < 1.29 is 0 Å². The topological polar surface area (TPSA) is 0 Å². The van der Waals surface area contributed by atoms with Crippen molar-refractivity contribution in [2.75, 3.05) is 0 Å². The molecule has 0 bridgehead atoms. The maximum Gasteiger partial charge on any atom is -0.0417 e. The molecular formula is C17H36. The Morgan fingerprint density at radius 3 is 1.76 bits per heavy atom. The molecule has 0 rings (SSSR count). The third-order valence-corrected chi connectivity index (χ3v) is 4.28. The molecule has 0 aliphatic heterocycles. The highest BCUT2D eigenvalue weighted by atomic mass is 14.1. The molecule has 0 aromatic heterocycles. The van der Waals surface area contributed by atoms with Crippen LogP contribution in [-0.2, 0) is 0 Å². The highest BCUT2D eigenvalue weighted by molar-refractivity contribution is 4.57. The summed E-state index contributed by atoms with van der Waals surface area (Å²) in [5, 5.41) is 0. The van der Waals surface area contributed by atoms with Crippen molar-refractivity contribution in [3.8, 4) is 0 Å². The Morgan fingerprint density at radius 1 is 0.647 bits per heavy atom. The third kappa shape index (κ3) is 10.9. The van der Waals surface area contributed by atoms with Gasteiger partial charge in [-0.15, -0.1) is 0 Å². The molecule has 0 fully saturated rings. The summed E-state index contributed by atoms with van der Waals surface area (Å²) in [6, 6.07) is 0. The molecule has 0 saturated heterocycles. The van der Waals surface area contributed by atoms with Crippen LogP contribution in [0.4, 0.5) is 0 Å². The van der Waals surface area contributed by atoms with Crippen LogP contribution in [0, 0.1) is 11.8 Å². The van der Waals surface area contributed by atoms with Crippen LogP contribution in [0.1, 0.15) is 98.3 Å². The molecule has 0 aliphatic rings. The molecule has 0 radical (unpaired) electrons. The minimum absolute atomic E-state index is 0.948. The first-order valence-electron chi connectivity index (χ1n) is 8.24. The number of hydrogen-bond donors (Lipinski definition) is 0. The van der Waals surface area contributed by atoms with Crippen molar-refractivity contribution in [3.63, 3.8) is 0 Å². The smallest absolute Gasteiger partial charge is 0.0417 e. The van der Waals surface area contributed by atoms with E-state index in [9.17, 15) is 0 Å². The van der Waals surface area contributed by atoms with Gasteiger partial charge in [0.15, 0.2) is 0 Å². The van der Waals surface area contributed by atoms with E-state index in [1.165, 1.54) is 70.6 Å². The van der Waals surface area contributed by atoms with Crippen LogP contribution >= 0.6 is 0 Å². The first-order chi connectivity index (χ1) is 8.24. The van der Waals surface area contributed by atoms with E-state index in [1.807, 2.05) is 0 Å². The Balaban J connectivity index is 3.22. The van der Waals surface area contributed by atoms with E-state index in [1.54, 1.807) is 0 Å². The molecule has 0 aromatic rings. The highest BCUT2D eigenvalue weighted by Gasteiger charge is 2.04. The van der Waals surface area contributed by atoms with Crippen molar-refractivity contribution in [3.05, 3.63) is 0 Å². The zero-order valence-corrected chi connectivity index (χ0v) is 12.9. The number of unbranched alkanes of at least 4 members (excludes halogenated alkanes) is 4. The average Bonchev–Trinajstić information content (AvgIpc) is 2.35. The molecule has 0 aromatic carbocycles. The second-order valence-corrected chi connectivity index (χ2v) is 5.92. The van der Waals surface area contributed by atoms with Gasteiger partial charge in [0.05, 0.1) is 0 Å². The van der Waals surface area contributed by atoms with E-state index in [0.29, 0.717) is 0 Å². The van der Waals surface area contributed by atoms with Gasteiger partial charge in [0, 0.05) is 0 Å². The molecule has 2 atom stereocenters. The summed E-state index contributed by atoms with van der Waals surface area (Å²) in [5.41, 5.74) is 0. The van der Waals surface area contributed by atoms with Crippen LogP contribution in [0.15, 0.2) is 0 Å². The van der Waals surface area contributed by atoms with Gasteiger partial charge in [-0.3, -0.25) is 0 Å². The second-order valence-electron chi connectivity index (χ2n) is 5.92. The molecule has 0 heteroatoms. The molecule has 0 amide bonds. The summed E-state index contributed by atoms with van der Waals surface area (Å²) < 4.78 is 0. The summed E-state index contributed by atoms with van der Waals surface area (Å²) in [6.07, 6.45) is 15.8. The Morgan fingerprint density at radius 2 is 1.24 bits per heavy atom. The lowest BCUT2D eigenvalue weighted by atomic mass is 9.93. The van der Waals surface area contributed by atoms with Gasteiger partial charge in [-0.05, 0) is 11.8 Å². The SMILES string of the molecule is CCCC(CC)CCCCCCCC(C)CC. The van der Waals surface area contributed by atoms with Gasteiger partial charge in [0.25, 0.3) is 0 Å². The maximum atomic E-state index is 2.39. The second kappa shape index (κ2) is 12.5. The van der Waals surface area contributed by atoms with Crippen molar-refractivity contribution in [2.45, 2.75) is 98.3 Å². The number of hydrogen-bond acceptors (Lipinski definition) is 0. The van der Waals surface area contributed by atoms with Crippen molar-refractivity contribution in [1.29, 1.82) is 0 Å². The van der Waals surface area contributed by atoms with Gasteiger partial charge in [-0.1, -0.05) is 98.3 Å². The minimum Gasteiger partial charge on any atom is -0.0654 e. The normalized spacial score (nSPS) is 14.8. The first-order valence-corrected chi connectivity index (χ1v) is 8.24. The Bertz CT molecular complexity index is 139. The van der Waals surface area contributed by atoms with Crippen LogP contribution in [-0.4, -0.2) is 0 Å². The molecule has 104 valence electrons. The first kappa shape index (κ1) is 17.0. The van der Waals surface area contributed by atoms with E-state index in [0.717, 1.165) is 11.8 Å². The zero-order chi connectivity index (χ0) is 12.9. The molecule has 0 N–H and O–H groups in total. The van der Waals surface area contributed by atoms with Crippen molar-refractivity contribution in [2.24, 2.45) is 11.8 Å². The van der Waals surface area contributed by atoms with E-state index in [-0.39, 0.29) is 0 Å². The van der Waals surface area contributed by atoms with E-state index in [2.05, 4.69) is 27.7 Å². The number of rotatable bonds is 12. The van der Waals surface area contributed by atoms with Crippen molar-refractivity contribution >= 4 is 0 Å². The van der Waals surface area contributed by atoms with Gasteiger partial charge in [-0.2, -0.15) is 0 Å². The van der Waals surface area contributed by atoms with Gasteiger partial charge >= 0.3 is 0 Å². The maximum absolute atomic E-state index is 2.39. The summed E-state index contributed by atoms with van der Waals surface area (Å²) in [7, 11) is 0. The molecule has 0 aliphatic carbocycles. The van der Waals surface area contributed by atoms with Gasteiger partial charge in [0.1, 0.15) is 0 Å². The standard InChI is InChI=1S/C17H36/c1-5-13-17(7-3)15-12-10-8-9-11-14-16(4)6-2/h16-17H,5-15H2,1-4H3. The summed E-state index contributed by atoms with van der Waals surface area (Å²) in [4.78, 5) is 0. The predicted octanol–water partition coefficient (Wildman–Crippen LogP) is 6.59. The van der Waals surface area contributed by atoms with E-state index in [4.69, 9.17) is 0 Å². The summed E-state index contributed by atoms with van der Waals surface area (Å²) in [6.45, 7) is 9.36. The lowest BCUT2D eigenvalue weighted by Gasteiger charge is -2.13. The molecule has 0 heterocycles. The predicted molar refractivity (Wildman–Crippen MR) is 80.5 cm³/mol. The Labute approximate surface area is 111 Å². The average molecular weight is 240 g/mol. The van der Waals surface area contributed by atoms with Gasteiger partial charge in [0.2, 0.25) is 0 Å². The summed E-state index contributed by atoms with van der Waals surface area (Å²) in [5.74, 6) is 1.96. The van der Waals surface area contributed by atoms with Gasteiger partial charge in [-0.25, -0.2) is 0 Å². The zero-order valence-electron chi connectivity index (χ0n) is 12.9. The van der Waals surface area contributed by atoms with Crippen LogP contribution in [0.3, 0.4) is 0 Å². The molecular weight excluding hydrogens is 204 g/mol. The quantitative estimate of drug-likeness (QED) is 0.338. The fraction of sp³-hybridized carbons (Fsp3) is 1.00. The fourth-order valence-corrected chi connectivity index (χ4v) is 2.62. The molecule has 0 saturated carbocycles. The Kier molecular flexibility index (Phi) is 12.5. The lowest BCUT2D eigenvalue weighted by Crippen LogP contribution is -1.98. The van der Waals surface area contributed by atoms with Crippen LogP contribution < -0.4 is 0 Å². The molecule has 2 unspecified atom stereocenters. The third-order valence-electron chi connectivity index (χ3n) is 4.28. The van der Waals surface area contributed by atoms with E-state index < -0.39 is 0 Å². The molecule has 17 heavy (non-hydrogen) atoms. The lowest BCUT2D eigenvalue weighted by molar-refractivity contribution is 0.405. The molecule has 0 nitrogen and oxygen atoms in total. The highest BCUT2D eigenvalue weighted by Crippen LogP contribution is 2.20. The van der Waals surface area contributed by atoms with Crippen LogP contribution in [0.25, 0.3) is 0 Å². The minimum atomic E-state index is 0.948. The Hall–Kier alpha value is 0.